The molecule has 0 aromatic heterocycles. The van der Waals surface area contributed by atoms with Crippen molar-refractivity contribution in [3.63, 3.8) is 0 Å². The highest BCUT2D eigenvalue weighted by Gasteiger charge is 2.61. The minimum atomic E-state index is 0.554. The van der Waals surface area contributed by atoms with E-state index in [1.807, 2.05) is 0 Å². The molecule has 2 bridgehead atoms. The molecular weight excluding hydrogens is 218 g/mol. The Morgan fingerprint density at radius 3 is 2.33 bits per heavy atom. The Morgan fingerprint density at radius 1 is 1.00 bits per heavy atom. The molecule has 5 unspecified atom stereocenters. The Morgan fingerprint density at radius 2 is 1.78 bits per heavy atom. The first-order chi connectivity index (χ1) is 8.43. The van der Waals surface area contributed by atoms with Crippen molar-refractivity contribution in [3.05, 3.63) is 0 Å². The van der Waals surface area contributed by atoms with Gasteiger partial charge in [-0.3, -0.25) is 0 Å². The molecule has 0 aromatic carbocycles. The Bertz CT molecular complexity index is 322. The summed E-state index contributed by atoms with van der Waals surface area (Å²) in [7, 11) is 0. The third-order valence-corrected chi connectivity index (χ3v) is 7.17. The van der Waals surface area contributed by atoms with E-state index in [1.54, 1.807) is 0 Å². The maximum atomic E-state index is 4.08. The van der Waals surface area contributed by atoms with E-state index in [0.717, 1.165) is 23.9 Å². The maximum Gasteiger partial charge on any atom is 0.0131 e. The van der Waals surface area contributed by atoms with Crippen LogP contribution in [0.3, 0.4) is 0 Å². The smallest absolute Gasteiger partial charge is 0.0131 e. The van der Waals surface area contributed by atoms with E-state index in [2.05, 4.69) is 33.0 Å². The molecule has 1 N–H and O–H groups in total. The predicted molar refractivity (Wildman–Crippen MR) is 77.6 cm³/mol. The standard InChI is InChI=1S/C17H31N/c1-12-6-5-7-14(10-12)18-15-11-13-8-9-17(15,4)16(13,2)3/h12-15,18H,5-11H2,1-4H3. The lowest BCUT2D eigenvalue weighted by molar-refractivity contribution is 0.108. The van der Waals surface area contributed by atoms with E-state index in [0.29, 0.717) is 10.8 Å². The van der Waals surface area contributed by atoms with Crippen molar-refractivity contribution in [3.8, 4) is 0 Å². The van der Waals surface area contributed by atoms with Crippen molar-refractivity contribution in [2.45, 2.75) is 84.7 Å². The van der Waals surface area contributed by atoms with Gasteiger partial charge in [-0.05, 0) is 54.8 Å². The zero-order valence-electron chi connectivity index (χ0n) is 12.8. The molecule has 3 fully saturated rings. The number of rotatable bonds is 2. The van der Waals surface area contributed by atoms with Gasteiger partial charge < -0.3 is 5.32 Å². The highest BCUT2D eigenvalue weighted by molar-refractivity contribution is 5.13. The summed E-state index contributed by atoms with van der Waals surface area (Å²) in [5.41, 5.74) is 1.11. The van der Waals surface area contributed by atoms with Gasteiger partial charge in [-0.1, -0.05) is 40.5 Å². The summed E-state index contributed by atoms with van der Waals surface area (Å²) in [5.74, 6) is 1.91. The molecule has 104 valence electrons. The molecule has 0 spiro atoms. The van der Waals surface area contributed by atoms with Crippen molar-refractivity contribution < 1.29 is 0 Å². The van der Waals surface area contributed by atoms with Crippen molar-refractivity contribution in [1.82, 2.24) is 5.32 Å². The van der Waals surface area contributed by atoms with E-state index in [9.17, 15) is 0 Å². The van der Waals surface area contributed by atoms with Crippen LogP contribution in [0.25, 0.3) is 0 Å². The Balaban J connectivity index is 1.68. The first-order valence-electron chi connectivity index (χ1n) is 8.19. The fourth-order valence-corrected chi connectivity index (χ4v) is 5.33. The molecule has 3 aliphatic carbocycles. The molecule has 0 radical (unpaired) electrons. The van der Waals surface area contributed by atoms with Gasteiger partial charge in [0.1, 0.15) is 0 Å². The van der Waals surface area contributed by atoms with Crippen molar-refractivity contribution in [2.24, 2.45) is 22.7 Å². The first kappa shape index (κ1) is 13.0. The van der Waals surface area contributed by atoms with Crippen molar-refractivity contribution >= 4 is 0 Å². The van der Waals surface area contributed by atoms with Crippen LogP contribution in [0.5, 0.6) is 0 Å². The Hall–Kier alpha value is -0.0400. The second kappa shape index (κ2) is 4.23. The minimum absolute atomic E-state index is 0.554. The summed E-state index contributed by atoms with van der Waals surface area (Å²) in [6.45, 7) is 10.0. The molecule has 3 aliphatic rings. The predicted octanol–water partition coefficient (Wildman–Crippen LogP) is 4.37. The summed E-state index contributed by atoms with van der Waals surface area (Å²) in [6, 6.07) is 1.60. The summed E-state index contributed by atoms with van der Waals surface area (Å²) < 4.78 is 0. The fraction of sp³-hybridized carbons (Fsp3) is 1.00. The lowest BCUT2D eigenvalue weighted by atomic mass is 9.69. The summed E-state index contributed by atoms with van der Waals surface area (Å²) in [6.07, 6.45) is 10.1. The molecule has 0 amide bonds. The fourth-order valence-electron chi connectivity index (χ4n) is 5.33. The molecule has 5 atom stereocenters. The van der Waals surface area contributed by atoms with Crippen LogP contribution < -0.4 is 5.32 Å². The van der Waals surface area contributed by atoms with E-state index in [1.165, 1.54) is 44.9 Å². The number of nitrogens with one attached hydrogen (secondary N) is 1. The van der Waals surface area contributed by atoms with Crippen LogP contribution in [0.4, 0.5) is 0 Å². The molecule has 1 nitrogen and oxygen atoms in total. The van der Waals surface area contributed by atoms with Crippen LogP contribution in [0.2, 0.25) is 0 Å². The molecule has 0 saturated heterocycles. The van der Waals surface area contributed by atoms with Gasteiger partial charge in [0.2, 0.25) is 0 Å². The monoisotopic (exact) mass is 249 g/mol. The second-order valence-corrected chi connectivity index (χ2v) is 8.30. The zero-order valence-corrected chi connectivity index (χ0v) is 12.8. The van der Waals surface area contributed by atoms with Crippen LogP contribution in [-0.2, 0) is 0 Å². The molecule has 3 rings (SSSR count). The molecule has 18 heavy (non-hydrogen) atoms. The van der Waals surface area contributed by atoms with E-state index < -0.39 is 0 Å². The van der Waals surface area contributed by atoms with Gasteiger partial charge in [-0.2, -0.15) is 0 Å². The highest BCUT2D eigenvalue weighted by atomic mass is 15.0. The number of hydrogen-bond donors (Lipinski definition) is 1. The Labute approximate surface area is 113 Å². The third-order valence-electron chi connectivity index (χ3n) is 7.17. The van der Waals surface area contributed by atoms with Gasteiger partial charge >= 0.3 is 0 Å². The van der Waals surface area contributed by atoms with E-state index in [-0.39, 0.29) is 0 Å². The van der Waals surface area contributed by atoms with Crippen LogP contribution in [0.15, 0.2) is 0 Å². The van der Waals surface area contributed by atoms with Gasteiger partial charge in [0.05, 0.1) is 0 Å². The third kappa shape index (κ3) is 1.77. The lowest BCUT2D eigenvalue weighted by Crippen LogP contribution is -2.49. The SMILES string of the molecule is CC1CCCC(NC2CC3CCC2(C)C3(C)C)C1. The topological polar surface area (TPSA) is 12.0 Å². The van der Waals surface area contributed by atoms with Gasteiger partial charge in [0, 0.05) is 12.1 Å². The summed E-state index contributed by atoms with van der Waals surface area (Å²) >= 11 is 0. The van der Waals surface area contributed by atoms with Gasteiger partial charge in [0.15, 0.2) is 0 Å². The van der Waals surface area contributed by atoms with E-state index in [4.69, 9.17) is 0 Å². The average Bonchev–Trinajstić information content (AvgIpc) is 2.62. The lowest BCUT2D eigenvalue weighted by Gasteiger charge is -2.42. The highest BCUT2D eigenvalue weighted by Crippen LogP contribution is 2.65. The minimum Gasteiger partial charge on any atom is -0.311 e. The van der Waals surface area contributed by atoms with Crippen molar-refractivity contribution in [2.75, 3.05) is 0 Å². The summed E-state index contributed by atoms with van der Waals surface area (Å²) in [5, 5.41) is 4.08. The molecule has 3 saturated carbocycles. The van der Waals surface area contributed by atoms with Gasteiger partial charge in [-0.25, -0.2) is 0 Å². The van der Waals surface area contributed by atoms with Crippen LogP contribution in [0, 0.1) is 22.7 Å². The van der Waals surface area contributed by atoms with Crippen molar-refractivity contribution in [1.29, 1.82) is 0 Å². The normalized spacial score (nSPS) is 50.7. The number of fused-ring (bicyclic) bond motifs is 2. The quantitative estimate of drug-likeness (QED) is 0.766. The number of hydrogen-bond acceptors (Lipinski definition) is 1. The summed E-state index contributed by atoms with van der Waals surface area (Å²) in [4.78, 5) is 0. The average molecular weight is 249 g/mol. The molecular formula is C17H31N. The van der Waals surface area contributed by atoms with E-state index >= 15 is 0 Å². The van der Waals surface area contributed by atoms with Crippen LogP contribution >= 0.6 is 0 Å². The van der Waals surface area contributed by atoms with Gasteiger partial charge in [0.25, 0.3) is 0 Å². The van der Waals surface area contributed by atoms with Crippen LogP contribution in [0.1, 0.15) is 72.6 Å². The first-order valence-corrected chi connectivity index (χ1v) is 8.19. The molecule has 0 heterocycles. The molecule has 0 aromatic rings. The largest absolute Gasteiger partial charge is 0.311 e. The zero-order chi connectivity index (χ0) is 13.0. The molecule has 1 heteroatoms. The van der Waals surface area contributed by atoms with Gasteiger partial charge in [-0.15, -0.1) is 0 Å². The Kier molecular flexibility index (Phi) is 3.05. The maximum absolute atomic E-state index is 4.08. The van der Waals surface area contributed by atoms with Crippen LogP contribution in [-0.4, -0.2) is 12.1 Å². The molecule has 0 aliphatic heterocycles. The second-order valence-electron chi connectivity index (χ2n) is 8.30.